The summed E-state index contributed by atoms with van der Waals surface area (Å²) in [6.07, 6.45) is 0. The Morgan fingerprint density at radius 3 is 2.04 bits per heavy atom. The maximum absolute atomic E-state index is 13.2. The lowest BCUT2D eigenvalue weighted by molar-refractivity contribution is 0.105. The van der Waals surface area contributed by atoms with Crippen LogP contribution in [0, 0.1) is 0 Å². The summed E-state index contributed by atoms with van der Waals surface area (Å²) in [5.41, 5.74) is 0.232. The minimum atomic E-state index is -0.791. The number of Topliss-reactive ketones (excluding diaryl/α,β-unsaturated/α-hetero) is 1. The molecule has 1 aromatic heterocycles. The molecule has 5 nitrogen and oxygen atoms in total. The molecule has 0 bridgehead atoms. The first-order valence-electron chi connectivity index (χ1n) is 8.64. The standard InChI is InChI=1S/C23H15NO4/c25-21(15-9-3-1-4-10-15)19(22(26)16-11-5-2-6-12-16)20-23(27)28-18-14-8-7-13-17(18)24-20/h1-14,25H/b21-19+. The summed E-state index contributed by atoms with van der Waals surface area (Å²) >= 11 is 0. The van der Waals surface area contributed by atoms with Gasteiger partial charge < -0.3 is 9.52 Å². The Hall–Kier alpha value is -3.99. The molecule has 4 aromatic rings. The van der Waals surface area contributed by atoms with Gasteiger partial charge in [-0.3, -0.25) is 4.79 Å². The minimum Gasteiger partial charge on any atom is -0.506 e. The molecule has 0 spiro atoms. The lowest BCUT2D eigenvalue weighted by atomic mass is 9.97. The molecule has 3 aromatic carbocycles. The minimum absolute atomic E-state index is 0.197. The first-order valence-corrected chi connectivity index (χ1v) is 8.64. The van der Waals surface area contributed by atoms with Crippen molar-refractivity contribution >= 4 is 28.2 Å². The van der Waals surface area contributed by atoms with Gasteiger partial charge in [-0.25, -0.2) is 9.78 Å². The number of hydrogen-bond acceptors (Lipinski definition) is 5. The predicted molar refractivity (Wildman–Crippen MR) is 107 cm³/mol. The molecule has 0 aliphatic heterocycles. The SMILES string of the molecule is O=C(/C(=C(/O)c1ccccc1)c1nc2ccccc2oc1=O)c1ccccc1. The Morgan fingerprint density at radius 1 is 0.786 bits per heavy atom. The Labute approximate surface area is 160 Å². The van der Waals surface area contributed by atoms with Gasteiger partial charge in [0, 0.05) is 11.1 Å². The highest BCUT2D eigenvalue weighted by atomic mass is 16.4. The lowest BCUT2D eigenvalue weighted by Gasteiger charge is -2.10. The molecule has 0 saturated heterocycles. The molecular formula is C23H15NO4. The summed E-state index contributed by atoms with van der Waals surface area (Å²) in [4.78, 5) is 30.2. The third kappa shape index (κ3) is 3.21. The molecule has 28 heavy (non-hydrogen) atoms. The molecule has 1 N–H and O–H groups in total. The Bertz CT molecular complexity index is 1240. The van der Waals surface area contributed by atoms with Gasteiger partial charge in [-0.1, -0.05) is 72.8 Å². The quantitative estimate of drug-likeness (QED) is 0.325. The number of para-hydroxylation sites is 2. The van der Waals surface area contributed by atoms with Gasteiger partial charge in [0.15, 0.2) is 17.1 Å². The molecule has 5 heteroatoms. The average molecular weight is 369 g/mol. The normalized spacial score (nSPS) is 11.9. The van der Waals surface area contributed by atoms with Crippen LogP contribution in [-0.4, -0.2) is 15.9 Å². The number of rotatable bonds is 4. The number of aliphatic hydroxyl groups is 1. The fourth-order valence-electron chi connectivity index (χ4n) is 2.91. The first kappa shape index (κ1) is 17.4. The molecule has 0 aliphatic carbocycles. The van der Waals surface area contributed by atoms with Crippen LogP contribution in [0.1, 0.15) is 21.6 Å². The number of aromatic nitrogens is 1. The molecule has 0 amide bonds. The Kier molecular flexibility index (Phi) is 4.56. The smallest absolute Gasteiger partial charge is 0.363 e. The average Bonchev–Trinajstić information content (AvgIpc) is 2.75. The fourth-order valence-corrected chi connectivity index (χ4v) is 2.91. The van der Waals surface area contributed by atoms with E-state index < -0.39 is 11.4 Å². The third-order valence-electron chi connectivity index (χ3n) is 4.28. The number of fused-ring (bicyclic) bond motifs is 1. The van der Waals surface area contributed by atoms with Crippen LogP contribution < -0.4 is 5.63 Å². The molecular weight excluding hydrogens is 354 g/mol. The Balaban J connectivity index is 2.00. The number of ketones is 1. The van der Waals surface area contributed by atoms with E-state index in [4.69, 9.17) is 4.42 Å². The summed E-state index contributed by atoms with van der Waals surface area (Å²) < 4.78 is 5.33. The van der Waals surface area contributed by atoms with E-state index in [9.17, 15) is 14.7 Å². The summed E-state index contributed by atoms with van der Waals surface area (Å²) in [6, 6.07) is 23.7. The van der Waals surface area contributed by atoms with E-state index in [1.54, 1.807) is 84.9 Å². The predicted octanol–water partition coefficient (Wildman–Crippen LogP) is 4.50. The number of allylic oxidation sites excluding steroid dienone is 1. The number of aliphatic hydroxyl groups excluding tert-OH is 1. The maximum atomic E-state index is 13.2. The van der Waals surface area contributed by atoms with E-state index in [-0.39, 0.29) is 17.0 Å². The molecule has 0 unspecified atom stereocenters. The van der Waals surface area contributed by atoms with E-state index in [0.29, 0.717) is 22.2 Å². The van der Waals surface area contributed by atoms with E-state index >= 15 is 0 Å². The number of nitrogens with zero attached hydrogens (tertiary/aromatic N) is 1. The zero-order valence-corrected chi connectivity index (χ0v) is 14.7. The molecule has 4 rings (SSSR count). The molecule has 0 saturated carbocycles. The maximum Gasteiger partial charge on any atom is 0.363 e. The van der Waals surface area contributed by atoms with Crippen LogP contribution in [0.3, 0.4) is 0 Å². The number of hydrogen-bond donors (Lipinski definition) is 1. The van der Waals surface area contributed by atoms with Gasteiger partial charge in [0.2, 0.25) is 0 Å². The molecule has 0 fully saturated rings. The first-order chi connectivity index (χ1) is 13.6. The second-order valence-electron chi connectivity index (χ2n) is 6.10. The van der Waals surface area contributed by atoms with Crippen molar-refractivity contribution in [2.45, 2.75) is 0 Å². The molecule has 1 heterocycles. The fraction of sp³-hybridized carbons (Fsp3) is 0. The van der Waals surface area contributed by atoms with Gasteiger partial charge in [-0.2, -0.15) is 0 Å². The van der Waals surface area contributed by atoms with Crippen LogP contribution in [0.15, 0.2) is 94.1 Å². The second kappa shape index (κ2) is 7.32. The molecule has 0 atom stereocenters. The van der Waals surface area contributed by atoms with Gasteiger partial charge in [0.05, 0.1) is 5.57 Å². The van der Waals surface area contributed by atoms with Crippen LogP contribution in [0.5, 0.6) is 0 Å². The van der Waals surface area contributed by atoms with Gasteiger partial charge in [-0.15, -0.1) is 0 Å². The van der Waals surface area contributed by atoms with Gasteiger partial charge >= 0.3 is 5.63 Å². The number of carbonyl (C=O) groups excluding carboxylic acids is 1. The zero-order chi connectivity index (χ0) is 19.5. The van der Waals surface area contributed by atoms with Crippen molar-refractivity contribution < 1.29 is 14.3 Å². The monoisotopic (exact) mass is 369 g/mol. The Morgan fingerprint density at radius 2 is 1.36 bits per heavy atom. The second-order valence-corrected chi connectivity index (χ2v) is 6.10. The van der Waals surface area contributed by atoms with Gasteiger partial charge in [0.1, 0.15) is 11.3 Å². The third-order valence-corrected chi connectivity index (χ3v) is 4.28. The van der Waals surface area contributed by atoms with Crippen molar-refractivity contribution in [1.82, 2.24) is 4.98 Å². The van der Waals surface area contributed by atoms with E-state index in [0.717, 1.165) is 0 Å². The van der Waals surface area contributed by atoms with Gasteiger partial charge in [-0.05, 0) is 12.1 Å². The summed E-state index contributed by atoms with van der Waals surface area (Å²) in [7, 11) is 0. The van der Waals surface area contributed by atoms with Crippen molar-refractivity contribution in [1.29, 1.82) is 0 Å². The lowest BCUT2D eigenvalue weighted by Crippen LogP contribution is -2.16. The molecule has 136 valence electrons. The summed E-state index contributed by atoms with van der Waals surface area (Å²) in [6.45, 7) is 0. The van der Waals surface area contributed by atoms with Crippen molar-refractivity contribution in [2.24, 2.45) is 0 Å². The number of benzene rings is 3. The van der Waals surface area contributed by atoms with Crippen LogP contribution in [0.4, 0.5) is 0 Å². The largest absolute Gasteiger partial charge is 0.506 e. The summed E-state index contributed by atoms with van der Waals surface area (Å²) in [5, 5.41) is 10.9. The van der Waals surface area contributed by atoms with Crippen molar-refractivity contribution in [3.63, 3.8) is 0 Å². The van der Waals surface area contributed by atoms with Crippen LogP contribution >= 0.6 is 0 Å². The van der Waals surface area contributed by atoms with Crippen LogP contribution in [-0.2, 0) is 0 Å². The van der Waals surface area contributed by atoms with Crippen molar-refractivity contribution in [2.75, 3.05) is 0 Å². The van der Waals surface area contributed by atoms with Crippen molar-refractivity contribution in [3.05, 3.63) is 112 Å². The van der Waals surface area contributed by atoms with Crippen LogP contribution in [0.2, 0.25) is 0 Å². The van der Waals surface area contributed by atoms with E-state index in [2.05, 4.69) is 4.98 Å². The zero-order valence-electron chi connectivity index (χ0n) is 14.7. The highest BCUT2D eigenvalue weighted by Gasteiger charge is 2.25. The van der Waals surface area contributed by atoms with E-state index in [1.807, 2.05) is 0 Å². The van der Waals surface area contributed by atoms with E-state index in [1.165, 1.54) is 0 Å². The molecule has 0 radical (unpaired) electrons. The highest BCUT2D eigenvalue weighted by molar-refractivity contribution is 6.33. The summed E-state index contributed by atoms with van der Waals surface area (Å²) in [5.74, 6) is -0.846. The van der Waals surface area contributed by atoms with Crippen LogP contribution in [0.25, 0.3) is 22.4 Å². The van der Waals surface area contributed by atoms with Crippen molar-refractivity contribution in [3.8, 4) is 0 Å². The topological polar surface area (TPSA) is 80.4 Å². The van der Waals surface area contributed by atoms with Gasteiger partial charge in [0.25, 0.3) is 0 Å². The highest BCUT2D eigenvalue weighted by Crippen LogP contribution is 2.26. The molecule has 0 aliphatic rings. The number of carbonyl (C=O) groups is 1.